The van der Waals surface area contributed by atoms with Crippen LogP contribution in [0, 0.1) is 12.7 Å². The smallest absolute Gasteiger partial charge is 0.290 e. The third kappa shape index (κ3) is 3.96. The lowest BCUT2D eigenvalue weighted by molar-refractivity contribution is -0.117. The Labute approximate surface area is 171 Å². The fourth-order valence-corrected chi connectivity index (χ4v) is 3.24. The van der Waals surface area contributed by atoms with Crippen LogP contribution in [-0.2, 0) is 11.3 Å². The van der Waals surface area contributed by atoms with Crippen LogP contribution in [0.5, 0.6) is 0 Å². The van der Waals surface area contributed by atoms with Crippen LogP contribution in [-0.4, -0.2) is 23.3 Å². The highest BCUT2D eigenvalue weighted by Gasteiger charge is 2.26. The number of nitrogens with zero attached hydrogens (tertiary/aromatic N) is 1. The summed E-state index contributed by atoms with van der Waals surface area (Å²) in [5.74, 6) is -0.942. The van der Waals surface area contributed by atoms with E-state index in [9.17, 15) is 14.0 Å². The van der Waals surface area contributed by atoms with E-state index < -0.39 is 11.7 Å². The number of para-hydroxylation sites is 2. The van der Waals surface area contributed by atoms with E-state index in [0.717, 1.165) is 0 Å². The molecular formula is C23H19FN2O4. The number of rotatable bonds is 6. The zero-order valence-electron chi connectivity index (χ0n) is 16.2. The minimum Gasteiger partial charge on any atom is -0.467 e. The Balaban J connectivity index is 1.62. The summed E-state index contributed by atoms with van der Waals surface area (Å²) in [6.45, 7) is 1.52. The average Bonchev–Trinajstić information content (AvgIpc) is 3.37. The van der Waals surface area contributed by atoms with Crippen molar-refractivity contribution in [3.8, 4) is 0 Å². The van der Waals surface area contributed by atoms with Crippen molar-refractivity contribution in [1.29, 1.82) is 0 Å². The van der Waals surface area contributed by atoms with Crippen LogP contribution in [0.25, 0.3) is 11.0 Å². The highest BCUT2D eigenvalue weighted by Crippen LogP contribution is 2.28. The highest BCUT2D eigenvalue weighted by molar-refractivity contribution is 6.01. The molecule has 0 saturated heterocycles. The number of hydrogen-bond donors (Lipinski definition) is 1. The Bertz CT molecular complexity index is 1180. The van der Waals surface area contributed by atoms with Gasteiger partial charge in [0, 0.05) is 16.6 Å². The van der Waals surface area contributed by atoms with Crippen LogP contribution < -0.4 is 5.32 Å². The summed E-state index contributed by atoms with van der Waals surface area (Å²) in [6.07, 6.45) is 1.49. The van der Waals surface area contributed by atoms with E-state index in [2.05, 4.69) is 5.32 Å². The molecule has 4 rings (SSSR count). The molecule has 2 heterocycles. The Morgan fingerprint density at radius 3 is 2.53 bits per heavy atom. The summed E-state index contributed by atoms with van der Waals surface area (Å²) in [4.78, 5) is 27.1. The normalized spacial score (nSPS) is 10.9. The zero-order chi connectivity index (χ0) is 21.1. The molecule has 0 unspecified atom stereocenters. The first-order valence-corrected chi connectivity index (χ1v) is 9.37. The van der Waals surface area contributed by atoms with E-state index in [0.29, 0.717) is 22.4 Å². The lowest BCUT2D eigenvalue weighted by Crippen LogP contribution is -2.37. The van der Waals surface area contributed by atoms with E-state index in [-0.39, 0.29) is 30.3 Å². The molecule has 152 valence electrons. The van der Waals surface area contributed by atoms with E-state index in [4.69, 9.17) is 8.83 Å². The van der Waals surface area contributed by atoms with Crippen molar-refractivity contribution in [1.82, 2.24) is 4.90 Å². The number of fused-ring (bicyclic) bond motifs is 1. The molecular weight excluding hydrogens is 387 g/mol. The fourth-order valence-electron chi connectivity index (χ4n) is 3.24. The second kappa shape index (κ2) is 8.24. The molecule has 1 N–H and O–H groups in total. The Kier molecular flexibility index (Phi) is 5.34. The lowest BCUT2D eigenvalue weighted by atomic mass is 10.1. The van der Waals surface area contributed by atoms with Gasteiger partial charge in [-0.05, 0) is 37.3 Å². The van der Waals surface area contributed by atoms with Gasteiger partial charge in [0.15, 0.2) is 17.2 Å². The molecule has 2 aromatic carbocycles. The Morgan fingerprint density at radius 2 is 1.83 bits per heavy atom. The van der Waals surface area contributed by atoms with Gasteiger partial charge in [-0.15, -0.1) is 0 Å². The number of furan rings is 2. The van der Waals surface area contributed by atoms with Crippen LogP contribution in [0.15, 0.2) is 75.8 Å². The summed E-state index contributed by atoms with van der Waals surface area (Å²) in [5.41, 5.74) is 1.15. The molecule has 0 aliphatic rings. The zero-order valence-corrected chi connectivity index (χ0v) is 16.2. The van der Waals surface area contributed by atoms with Crippen molar-refractivity contribution in [3.05, 3.63) is 89.8 Å². The Hall–Kier alpha value is -3.87. The molecule has 0 spiro atoms. The average molecular weight is 406 g/mol. The van der Waals surface area contributed by atoms with Crippen LogP contribution in [0.4, 0.5) is 10.1 Å². The van der Waals surface area contributed by atoms with Crippen LogP contribution in [0.2, 0.25) is 0 Å². The second-order valence-corrected chi connectivity index (χ2v) is 6.83. The van der Waals surface area contributed by atoms with Gasteiger partial charge in [-0.1, -0.05) is 30.3 Å². The topological polar surface area (TPSA) is 75.7 Å². The number of benzene rings is 2. The number of anilines is 1. The predicted molar refractivity (Wildman–Crippen MR) is 109 cm³/mol. The summed E-state index contributed by atoms with van der Waals surface area (Å²) in [7, 11) is 0. The summed E-state index contributed by atoms with van der Waals surface area (Å²) in [6, 6.07) is 16.9. The third-order valence-corrected chi connectivity index (χ3v) is 4.72. The predicted octanol–water partition coefficient (Wildman–Crippen LogP) is 4.75. The summed E-state index contributed by atoms with van der Waals surface area (Å²) in [5, 5.41) is 3.27. The highest BCUT2D eigenvalue weighted by atomic mass is 19.1. The standard InChI is InChI=1S/C23H19FN2O4/c1-15-18-10-5-11-19(24)22(18)30-21(15)23(28)26(13-17-9-6-12-29-17)14-20(27)25-16-7-3-2-4-8-16/h2-12H,13-14H2,1H3,(H,25,27). The van der Waals surface area contributed by atoms with Gasteiger partial charge in [0.1, 0.15) is 12.3 Å². The van der Waals surface area contributed by atoms with Crippen LogP contribution in [0.3, 0.4) is 0 Å². The molecule has 0 fully saturated rings. The molecule has 4 aromatic rings. The van der Waals surface area contributed by atoms with Crippen molar-refractivity contribution in [2.75, 3.05) is 11.9 Å². The van der Waals surface area contributed by atoms with E-state index in [1.807, 2.05) is 6.07 Å². The van der Waals surface area contributed by atoms with Gasteiger partial charge in [0.25, 0.3) is 5.91 Å². The number of nitrogens with one attached hydrogen (secondary N) is 1. The number of amides is 2. The van der Waals surface area contributed by atoms with Crippen LogP contribution in [0.1, 0.15) is 21.9 Å². The fraction of sp³-hybridized carbons (Fsp3) is 0.130. The van der Waals surface area contributed by atoms with Crippen molar-refractivity contribution in [2.24, 2.45) is 0 Å². The molecule has 30 heavy (non-hydrogen) atoms. The molecule has 0 atom stereocenters. The van der Waals surface area contributed by atoms with E-state index in [1.165, 1.54) is 17.2 Å². The van der Waals surface area contributed by atoms with Gasteiger partial charge in [-0.3, -0.25) is 9.59 Å². The maximum atomic E-state index is 14.1. The molecule has 0 aliphatic heterocycles. The van der Waals surface area contributed by atoms with Gasteiger partial charge in [-0.2, -0.15) is 0 Å². The molecule has 0 saturated carbocycles. The number of carbonyl (C=O) groups excluding carboxylic acids is 2. The number of carbonyl (C=O) groups is 2. The molecule has 0 aliphatic carbocycles. The molecule has 7 heteroatoms. The molecule has 0 bridgehead atoms. The van der Waals surface area contributed by atoms with Gasteiger partial charge in [0.2, 0.25) is 5.91 Å². The third-order valence-electron chi connectivity index (χ3n) is 4.72. The first-order valence-electron chi connectivity index (χ1n) is 9.37. The second-order valence-electron chi connectivity index (χ2n) is 6.83. The van der Waals surface area contributed by atoms with E-state index >= 15 is 0 Å². The van der Waals surface area contributed by atoms with Gasteiger partial charge in [-0.25, -0.2) is 4.39 Å². The SMILES string of the molecule is Cc1c(C(=O)N(CC(=O)Nc2ccccc2)Cc2ccco2)oc2c(F)cccc12. The molecule has 0 radical (unpaired) electrons. The quantitative estimate of drug-likeness (QED) is 0.501. The minimum atomic E-state index is -0.547. The van der Waals surface area contributed by atoms with Crippen molar-refractivity contribution in [2.45, 2.75) is 13.5 Å². The first-order chi connectivity index (χ1) is 14.5. The molecule has 2 aromatic heterocycles. The van der Waals surface area contributed by atoms with Crippen LogP contribution >= 0.6 is 0 Å². The largest absolute Gasteiger partial charge is 0.467 e. The summed E-state index contributed by atoms with van der Waals surface area (Å²) < 4.78 is 25.0. The minimum absolute atomic E-state index is 0.00540. The first kappa shape index (κ1) is 19.4. The van der Waals surface area contributed by atoms with Gasteiger partial charge in [0.05, 0.1) is 12.8 Å². The number of hydrogen-bond acceptors (Lipinski definition) is 4. The molecule has 6 nitrogen and oxygen atoms in total. The monoisotopic (exact) mass is 406 g/mol. The van der Waals surface area contributed by atoms with E-state index in [1.54, 1.807) is 55.5 Å². The van der Waals surface area contributed by atoms with Crippen molar-refractivity contribution >= 4 is 28.5 Å². The summed E-state index contributed by atoms with van der Waals surface area (Å²) >= 11 is 0. The number of aryl methyl sites for hydroxylation is 1. The van der Waals surface area contributed by atoms with Gasteiger partial charge < -0.3 is 19.1 Å². The van der Waals surface area contributed by atoms with Crippen molar-refractivity contribution in [3.63, 3.8) is 0 Å². The van der Waals surface area contributed by atoms with Crippen molar-refractivity contribution < 1.29 is 22.8 Å². The maximum Gasteiger partial charge on any atom is 0.290 e. The van der Waals surface area contributed by atoms with Gasteiger partial charge >= 0.3 is 0 Å². The maximum absolute atomic E-state index is 14.1. The lowest BCUT2D eigenvalue weighted by Gasteiger charge is -2.20. The molecule has 2 amide bonds. The Morgan fingerprint density at radius 1 is 1.03 bits per heavy atom. The number of halogens is 1.